The summed E-state index contributed by atoms with van der Waals surface area (Å²) in [6.07, 6.45) is 10.7. The summed E-state index contributed by atoms with van der Waals surface area (Å²) in [4.78, 5) is 170. The van der Waals surface area contributed by atoms with Crippen molar-refractivity contribution in [2.45, 2.75) is 243 Å². The van der Waals surface area contributed by atoms with Crippen LogP contribution in [0.15, 0.2) is 91.4 Å². The van der Waals surface area contributed by atoms with Crippen molar-refractivity contribution in [1.82, 2.24) is 68.1 Å². The zero-order valence-electron chi connectivity index (χ0n) is 66.2. The van der Waals surface area contributed by atoms with Gasteiger partial charge >= 0.3 is 0 Å². The summed E-state index contributed by atoms with van der Waals surface area (Å²) in [5.41, 5.74) is 45.6. The first-order valence-corrected chi connectivity index (χ1v) is 39.9. The molecule has 0 radical (unpaired) electrons. The van der Waals surface area contributed by atoms with E-state index in [2.05, 4.69) is 68.1 Å². The van der Waals surface area contributed by atoms with Crippen LogP contribution in [0.4, 0.5) is 0 Å². The number of benzene rings is 3. The number of fused-ring (bicyclic) bond motifs is 3. The number of H-pyrrole nitrogens is 3. The molecule has 31 heteroatoms. The van der Waals surface area contributed by atoms with Crippen molar-refractivity contribution in [2.75, 3.05) is 32.7 Å². The number of nitrogens with two attached hydrogens (primary N) is 7. The van der Waals surface area contributed by atoms with E-state index in [0.29, 0.717) is 100 Å². The third kappa shape index (κ3) is 29.4. The highest BCUT2D eigenvalue weighted by Gasteiger charge is 2.38. The first-order chi connectivity index (χ1) is 53.7. The SMILES string of the molecule is CC(C)C[C@H](NC(=O)[C@H](Cc1c[nH]c2ccccc12)NC(=O)[C@H](CCCCN)NC(=O)[C@H](CCCCN)NC(=O)[C@H](Cc1c[nH]c2ccccc12)NC(=O)[C@H](CC(C)C)NC(=O)[C@H](CCCCN)NC(=O)[C@H](Cc1c[nH]c2ccccc12)NC(=O)[C@H](CC(C)C)NC(=O)[C@@H](N)CCCCN)C(=O)N[C@@H](CCCCN)C(N)=O. The van der Waals surface area contributed by atoms with Crippen LogP contribution in [0.2, 0.25) is 0 Å². The molecule has 0 saturated carbocycles. The van der Waals surface area contributed by atoms with E-state index in [1.54, 1.807) is 18.6 Å². The van der Waals surface area contributed by atoms with Crippen molar-refractivity contribution in [3.8, 4) is 0 Å². The highest BCUT2D eigenvalue weighted by Crippen LogP contribution is 2.24. The van der Waals surface area contributed by atoms with Crippen molar-refractivity contribution in [1.29, 1.82) is 0 Å². The number of unbranched alkanes of at least 4 members (excludes halogenated alkanes) is 5. The monoisotopic (exact) mass is 1550 g/mol. The van der Waals surface area contributed by atoms with Gasteiger partial charge in [-0.3, -0.25) is 52.7 Å². The quantitative estimate of drug-likeness (QED) is 0.0244. The van der Waals surface area contributed by atoms with Crippen molar-refractivity contribution in [3.05, 3.63) is 108 Å². The van der Waals surface area contributed by atoms with Crippen LogP contribution in [0, 0.1) is 17.8 Å². The molecule has 3 aromatic heterocycles. The van der Waals surface area contributed by atoms with Gasteiger partial charge in [0.15, 0.2) is 0 Å². The number of primary amides is 1. The van der Waals surface area contributed by atoms with Crippen molar-refractivity contribution >= 4 is 97.7 Å². The largest absolute Gasteiger partial charge is 0.368 e. The Morgan fingerprint density at radius 3 is 0.795 bits per heavy atom. The first kappa shape index (κ1) is 91.1. The third-order valence-corrected chi connectivity index (χ3v) is 19.9. The molecule has 6 aromatic rings. The van der Waals surface area contributed by atoms with Crippen LogP contribution in [-0.4, -0.2) is 179 Å². The molecule has 0 fully saturated rings. The summed E-state index contributed by atoms with van der Waals surface area (Å²) < 4.78 is 0. The second-order valence-corrected chi connectivity index (χ2v) is 30.6. The zero-order valence-corrected chi connectivity index (χ0v) is 66.2. The molecule has 112 heavy (non-hydrogen) atoms. The van der Waals surface area contributed by atoms with Gasteiger partial charge in [0.05, 0.1) is 6.04 Å². The molecule has 0 aliphatic carbocycles. The van der Waals surface area contributed by atoms with E-state index in [4.69, 9.17) is 40.1 Å². The van der Waals surface area contributed by atoms with Gasteiger partial charge in [-0.15, -0.1) is 0 Å². The number of para-hydroxylation sites is 3. The average molecular weight is 1560 g/mol. The Labute approximate surface area is 657 Å². The van der Waals surface area contributed by atoms with E-state index in [1.165, 1.54) is 0 Å². The Morgan fingerprint density at radius 1 is 0.295 bits per heavy atom. The molecule has 0 saturated heterocycles. The summed E-state index contributed by atoms with van der Waals surface area (Å²) in [6, 6.07) is 8.54. The van der Waals surface area contributed by atoms with Crippen LogP contribution in [0.5, 0.6) is 0 Å². The fourth-order valence-electron chi connectivity index (χ4n) is 13.7. The van der Waals surface area contributed by atoms with Crippen LogP contribution < -0.4 is 93.3 Å². The lowest BCUT2D eigenvalue weighted by Gasteiger charge is -2.29. The second kappa shape index (κ2) is 47.5. The third-order valence-electron chi connectivity index (χ3n) is 19.9. The maximum Gasteiger partial charge on any atom is 0.243 e. The average Bonchev–Trinajstić information content (AvgIpc) is 1.85. The minimum Gasteiger partial charge on any atom is -0.368 e. The number of nitrogens with one attached hydrogen (secondary N) is 13. The van der Waals surface area contributed by atoms with Gasteiger partial charge in [0.25, 0.3) is 0 Å². The number of hydrogen-bond donors (Lipinski definition) is 20. The Balaban J connectivity index is 1.30. The van der Waals surface area contributed by atoms with Gasteiger partial charge in [-0.1, -0.05) is 103 Å². The molecule has 0 bridgehead atoms. The topological polar surface area (TPSA) is 538 Å². The molecular formula is C81H126N20O11. The molecule has 27 N–H and O–H groups in total. The predicted molar refractivity (Wildman–Crippen MR) is 435 cm³/mol. The van der Waals surface area contributed by atoms with Crippen LogP contribution in [0.25, 0.3) is 32.7 Å². The highest BCUT2D eigenvalue weighted by molar-refractivity contribution is 6.00. The van der Waals surface area contributed by atoms with Gasteiger partial charge in [0.1, 0.15) is 60.4 Å². The van der Waals surface area contributed by atoms with Crippen LogP contribution in [0.3, 0.4) is 0 Å². The van der Waals surface area contributed by atoms with Gasteiger partial charge in [0.2, 0.25) is 65.0 Å². The van der Waals surface area contributed by atoms with Gasteiger partial charge in [-0.05, 0) is 195 Å². The fraction of sp³-hybridized carbons (Fsp3) is 0.568. The van der Waals surface area contributed by atoms with Crippen LogP contribution in [0.1, 0.15) is 174 Å². The summed E-state index contributed by atoms with van der Waals surface area (Å²) in [6.45, 7) is 12.7. The Kier molecular flexibility index (Phi) is 38.7. The summed E-state index contributed by atoms with van der Waals surface area (Å²) >= 11 is 0. The molecule has 0 spiro atoms. The molecular weight excluding hydrogens is 1430 g/mol. The van der Waals surface area contributed by atoms with Crippen molar-refractivity contribution in [3.63, 3.8) is 0 Å². The first-order valence-electron chi connectivity index (χ1n) is 39.9. The second-order valence-electron chi connectivity index (χ2n) is 30.6. The number of amides is 11. The molecule has 0 aliphatic heterocycles. The maximum absolute atomic E-state index is 15.4. The summed E-state index contributed by atoms with van der Waals surface area (Å²) in [5.74, 6) is -8.37. The molecule has 6 rings (SSSR count). The smallest absolute Gasteiger partial charge is 0.243 e. The Bertz CT molecular complexity index is 4000. The number of rotatable bonds is 53. The van der Waals surface area contributed by atoms with E-state index < -0.39 is 131 Å². The summed E-state index contributed by atoms with van der Waals surface area (Å²) in [5, 5.41) is 31.0. The molecule has 3 heterocycles. The normalized spacial score (nSPS) is 14.6. The van der Waals surface area contributed by atoms with E-state index in [0.717, 1.165) is 32.7 Å². The number of carbonyl (C=O) groups excluding carboxylic acids is 11. The molecule has 0 aliphatic rings. The van der Waals surface area contributed by atoms with E-state index in [9.17, 15) is 24.0 Å². The molecule has 11 atom stereocenters. The lowest BCUT2D eigenvalue weighted by atomic mass is 9.99. The molecule has 11 amide bonds. The summed E-state index contributed by atoms with van der Waals surface area (Å²) in [7, 11) is 0. The van der Waals surface area contributed by atoms with Gasteiger partial charge in [-0.25, -0.2) is 0 Å². The van der Waals surface area contributed by atoms with Gasteiger partial charge in [0, 0.05) is 70.6 Å². The Morgan fingerprint density at radius 2 is 0.518 bits per heavy atom. The number of carbonyl (C=O) groups is 11. The fourth-order valence-corrected chi connectivity index (χ4v) is 13.7. The highest BCUT2D eigenvalue weighted by atomic mass is 16.2. The minimum absolute atomic E-state index is 0.0174. The number of aromatic amines is 3. The van der Waals surface area contributed by atoms with Crippen LogP contribution >= 0.6 is 0 Å². The number of aromatic nitrogens is 3. The Hall–Kier alpha value is -9.79. The molecule has 0 unspecified atom stereocenters. The van der Waals surface area contributed by atoms with Crippen molar-refractivity contribution in [2.24, 2.45) is 57.9 Å². The van der Waals surface area contributed by atoms with Crippen molar-refractivity contribution < 1.29 is 52.7 Å². The van der Waals surface area contributed by atoms with Gasteiger partial charge in [-0.2, -0.15) is 0 Å². The molecule has 616 valence electrons. The van der Waals surface area contributed by atoms with E-state index in [-0.39, 0.29) is 102 Å². The standard InChI is InChI=1S/C81H126N20O11/c1-48(2)39-65(96-72(103)57(87)26-13-18-34-82)77(108)100-68(42-51-45-89-58-27-10-7-23-54(51)58)80(111)95-64(33-17-22-38-86)74(105)97-67(41-50(5)6)78(109)101-69(43-52-46-90-59-28-11-8-24-55(52)59)79(110)94-62(31-15-20-36-84)73(104)93-63(32-16-21-37-85)75(106)99-70(44-53-47-91-60-29-12-9-25-56(53)60)81(112)98-66(40-49(3)4)76(107)92-61(71(88)102)30-14-19-35-83/h7-12,23-25,27-29,45-50,57,61-70,89-91H,13-22,26,30-44,82-87H2,1-6H3,(H2,88,102)(H,92,107)(H,93,104)(H,94,110)(H,95,111)(H,96,103)(H,97,105)(H,98,112)(H,99,106)(H,100,108)(H,101,109)/t57-,61-,62-,63-,64-,65-,66-,67-,68-,69-,70-/m0/s1. The zero-order chi connectivity index (χ0) is 81.8. The number of hydrogen-bond acceptors (Lipinski definition) is 17. The van der Waals surface area contributed by atoms with E-state index >= 15 is 28.8 Å². The molecule has 31 nitrogen and oxygen atoms in total. The maximum atomic E-state index is 15.4. The lowest BCUT2D eigenvalue weighted by molar-refractivity contribution is -0.136. The lowest BCUT2D eigenvalue weighted by Crippen LogP contribution is -2.61. The molecule has 3 aromatic carbocycles. The van der Waals surface area contributed by atoms with Crippen LogP contribution in [-0.2, 0) is 72.0 Å². The van der Waals surface area contributed by atoms with E-state index in [1.807, 2.05) is 114 Å². The predicted octanol–water partition coefficient (Wildman–Crippen LogP) is 2.60. The van der Waals surface area contributed by atoms with Gasteiger partial charge < -0.3 is 108 Å². The minimum atomic E-state index is -1.43.